The minimum atomic E-state index is 0.243. The van der Waals surface area contributed by atoms with E-state index >= 15 is 0 Å². The number of aromatic hydroxyl groups is 1. The molecule has 1 aliphatic rings. The van der Waals surface area contributed by atoms with Crippen molar-refractivity contribution in [3.05, 3.63) is 47.7 Å². The number of hydrogen-bond donors (Lipinski definition) is 1. The van der Waals surface area contributed by atoms with Crippen LogP contribution in [0.4, 0.5) is 0 Å². The lowest BCUT2D eigenvalue weighted by molar-refractivity contribution is 0.432. The third-order valence-electron chi connectivity index (χ3n) is 4.90. The van der Waals surface area contributed by atoms with E-state index < -0.39 is 0 Å². The predicted molar refractivity (Wildman–Crippen MR) is 102 cm³/mol. The molecule has 2 nitrogen and oxygen atoms in total. The Labute approximate surface area is 147 Å². The molecule has 0 heterocycles. The van der Waals surface area contributed by atoms with Crippen molar-refractivity contribution < 1.29 is 9.84 Å². The molecule has 132 valence electrons. The molecule has 0 saturated heterocycles. The van der Waals surface area contributed by atoms with E-state index in [4.69, 9.17) is 4.74 Å². The minimum Gasteiger partial charge on any atom is -0.507 e. The molecule has 1 N–H and O–H groups in total. The van der Waals surface area contributed by atoms with Gasteiger partial charge in [0.05, 0.1) is 6.26 Å². The monoisotopic (exact) mass is 328 g/mol. The first-order valence-corrected chi connectivity index (χ1v) is 9.46. The highest BCUT2D eigenvalue weighted by molar-refractivity contribution is 5.51. The van der Waals surface area contributed by atoms with Gasteiger partial charge in [0.25, 0.3) is 0 Å². The Morgan fingerprint density at radius 1 is 1.25 bits per heavy atom. The van der Waals surface area contributed by atoms with Gasteiger partial charge in [0, 0.05) is 11.5 Å². The molecule has 0 aliphatic heterocycles. The number of benzene rings is 1. The molecule has 1 unspecified atom stereocenters. The largest absolute Gasteiger partial charge is 0.507 e. The van der Waals surface area contributed by atoms with Crippen LogP contribution < -0.4 is 4.74 Å². The molecule has 0 saturated carbocycles. The second kappa shape index (κ2) is 9.56. The number of phenols is 1. The Bertz CT molecular complexity index is 572. The first-order valence-electron chi connectivity index (χ1n) is 9.46. The maximum Gasteiger partial charge on any atom is 0.134 e. The van der Waals surface area contributed by atoms with Crippen LogP contribution in [0.1, 0.15) is 82.3 Å². The lowest BCUT2D eigenvalue weighted by atomic mass is 9.84. The molecular weight excluding hydrogens is 296 g/mol. The van der Waals surface area contributed by atoms with E-state index in [0.717, 1.165) is 42.6 Å². The van der Waals surface area contributed by atoms with Crippen molar-refractivity contribution in [2.24, 2.45) is 0 Å². The van der Waals surface area contributed by atoms with Crippen LogP contribution in [-0.2, 0) is 6.42 Å². The second-order valence-electron chi connectivity index (χ2n) is 6.99. The molecule has 2 heteroatoms. The first kappa shape index (κ1) is 18.6. The molecular formula is C22H32O2. The fourth-order valence-electron chi connectivity index (χ4n) is 3.64. The van der Waals surface area contributed by atoms with Crippen molar-refractivity contribution in [3.63, 3.8) is 0 Å². The van der Waals surface area contributed by atoms with Gasteiger partial charge in [-0.15, -0.1) is 0 Å². The maximum atomic E-state index is 10.6. The van der Waals surface area contributed by atoms with Crippen molar-refractivity contribution in [1.82, 2.24) is 0 Å². The van der Waals surface area contributed by atoms with E-state index in [-0.39, 0.29) is 5.92 Å². The normalized spacial score (nSPS) is 17.4. The molecule has 24 heavy (non-hydrogen) atoms. The third kappa shape index (κ3) is 5.15. The van der Waals surface area contributed by atoms with Gasteiger partial charge < -0.3 is 9.84 Å². The first-order chi connectivity index (χ1) is 11.7. The molecule has 0 bridgehead atoms. The number of aryl methyl sites for hydroxylation is 1. The van der Waals surface area contributed by atoms with E-state index in [0.29, 0.717) is 5.75 Å². The third-order valence-corrected chi connectivity index (χ3v) is 4.90. The highest BCUT2D eigenvalue weighted by Crippen LogP contribution is 2.42. The van der Waals surface area contributed by atoms with E-state index in [1.54, 1.807) is 0 Å². The van der Waals surface area contributed by atoms with Crippen molar-refractivity contribution in [2.45, 2.75) is 77.6 Å². The van der Waals surface area contributed by atoms with Gasteiger partial charge in [0.1, 0.15) is 11.5 Å². The summed E-state index contributed by atoms with van der Waals surface area (Å²) in [6, 6.07) is 4.03. The Morgan fingerprint density at radius 2 is 2.04 bits per heavy atom. The molecule has 1 aromatic rings. The molecule has 1 atom stereocenters. The Morgan fingerprint density at radius 3 is 2.75 bits per heavy atom. The van der Waals surface area contributed by atoms with Gasteiger partial charge in [-0.3, -0.25) is 0 Å². The zero-order valence-electron chi connectivity index (χ0n) is 15.3. The summed E-state index contributed by atoms with van der Waals surface area (Å²) in [5.74, 6) is 1.38. The fourth-order valence-corrected chi connectivity index (χ4v) is 3.64. The smallest absolute Gasteiger partial charge is 0.134 e. The van der Waals surface area contributed by atoms with Gasteiger partial charge in [-0.2, -0.15) is 0 Å². The van der Waals surface area contributed by atoms with Crippen LogP contribution in [0.5, 0.6) is 11.5 Å². The van der Waals surface area contributed by atoms with Crippen molar-refractivity contribution in [3.8, 4) is 11.5 Å². The highest BCUT2D eigenvalue weighted by atomic mass is 16.5. The molecule has 1 aliphatic carbocycles. The molecule has 0 fully saturated rings. The van der Waals surface area contributed by atoms with Crippen molar-refractivity contribution in [1.29, 1.82) is 0 Å². The Hall–Kier alpha value is -1.70. The maximum absolute atomic E-state index is 10.6. The SMILES string of the molecule is C=COc1cc(CCCCCCC)cc(O)c1C1C=C(C)CCC1. The molecule has 0 aromatic heterocycles. The summed E-state index contributed by atoms with van der Waals surface area (Å²) in [5.41, 5.74) is 3.47. The van der Waals surface area contributed by atoms with Crippen LogP contribution in [-0.4, -0.2) is 5.11 Å². The summed E-state index contributed by atoms with van der Waals surface area (Å²) >= 11 is 0. The van der Waals surface area contributed by atoms with Crippen molar-refractivity contribution in [2.75, 3.05) is 0 Å². The van der Waals surface area contributed by atoms with E-state index in [9.17, 15) is 5.11 Å². The lowest BCUT2D eigenvalue weighted by Gasteiger charge is -2.23. The Balaban J connectivity index is 2.16. The predicted octanol–water partition coefficient (Wildman–Crippen LogP) is 6.64. The van der Waals surface area contributed by atoms with E-state index in [1.807, 2.05) is 6.07 Å². The van der Waals surface area contributed by atoms with Crippen LogP contribution >= 0.6 is 0 Å². The summed E-state index contributed by atoms with van der Waals surface area (Å²) in [7, 11) is 0. The minimum absolute atomic E-state index is 0.243. The number of phenolic OH excluding ortho intramolecular Hbond substituents is 1. The van der Waals surface area contributed by atoms with Crippen LogP contribution in [0.15, 0.2) is 36.6 Å². The van der Waals surface area contributed by atoms with Crippen LogP contribution in [0.25, 0.3) is 0 Å². The summed E-state index contributed by atoms with van der Waals surface area (Å²) in [6.07, 6.45) is 14.4. The van der Waals surface area contributed by atoms with Gasteiger partial charge in [-0.1, -0.05) is 50.8 Å². The quantitative estimate of drug-likeness (QED) is 0.313. The standard InChI is InChI=1S/C22H32O2/c1-4-6-7-8-9-12-18-15-20(23)22(21(16-18)24-5-2)19-13-10-11-17(3)14-19/h5,14-16,19,23H,2,4,6-13H2,1,3H3. The van der Waals surface area contributed by atoms with Gasteiger partial charge in [0.15, 0.2) is 0 Å². The van der Waals surface area contributed by atoms with E-state index in [2.05, 4.69) is 32.6 Å². The number of ether oxygens (including phenoxy) is 1. The van der Waals surface area contributed by atoms with Crippen LogP contribution in [0.2, 0.25) is 0 Å². The van der Waals surface area contributed by atoms with Gasteiger partial charge in [-0.25, -0.2) is 0 Å². The number of allylic oxidation sites excluding steroid dienone is 2. The number of unbranched alkanes of at least 4 members (excludes halogenated alkanes) is 4. The number of rotatable bonds is 9. The highest BCUT2D eigenvalue weighted by Gasteiger charge is 2.22. The van der Waals surface area contributed by atoms with Gasteiger partial charge in [-0.05, 0) is 56.7 Å². The van der Waals surface area contributed by atoms with Crippen LogP contribution in [0.3, 0.4) is 0 Å². The lowest BCUT2D eigenvalue weighted by Crippen LogP contribution is -2.05. The Kier molecular flexibility index (Phi) is 7.42. The van der Waals surface area contributed by atoms with Gasteiger partial charge in [0.2, 0.25) is 0 Å². The summed E-state index contributed by atoms with van der Waals surface area (Å²) in [5, 5.41) is 10.6. The molecule has 0 amide bonds. The summed E-state index contributed by atoms with van der Waals surface area (Å²) in [6.45, 7) is 8.09. The average molecular weight is 328 g/mol. The fraction of sp³-hybridized carbons (Fsp3) is 0.545. The number of hydrogen-bond acceptors (Lipinski definition) is 2. The second-order valence-corrected chi connectivity index (χ2v) is 6.99. The average Bonchev–Trinajstić information content (AvgIpc) is 2.55. The molecule has 1 aromatic carbocycles. The zero-order valence-corrected chi connectivity index (χ0v) is 15.3. The van der Waals surface area contributed by atoms with E-state index in [1.165, 1.54) is 43.9 Å². The summed E-state index contributed by atoms with van der Waals surface area (Å²) < 4.78 is 5.67. The van der Waals surface area contributed by atoms with Crippen LogP contribution in [0, 0.1) is 0 Å². The topological polar surface area (TPSA) is 29.5 Å². The summed E-state index contributed by atoms with van der Waals surface area (Å²) in [4.78, 5) is 0. The van der Waals surface area contributed by atoms with Gasteiger partial charge >= 0.3 is 0 Å². The molecule has 0 spiro atoms. The van der Waals surface area contributed by atoms with Crippen molar-refractivity contribution >= 4 is 0 Å². The molecule has 2 rings (SSSR count). The molecule has 0 radical (unpaired) electrons. The zero-order chi connectivity index (χ0) is 17.4.